The van der Waals surface area contributed by atoms with Crippen molar-refractivity contribution in [2.24, 2.45) is 0 Å². The summed E-state index contributed by atoms with van der Waals surface area (Å²) in [6, 6.07) is 5.89. The van der Waals surface area contributed by atoms with Gasteiger partial charge in [0.05, 0.1) is 6.33 Å². The Kier molecular flexibility index (Phi) is 6.45. The number of nitrogens with one attached hydrogen (secondary N) is 3. The summed E-state index contributed by atoms with van der Waals surface area (Å²) in [6.45, 7) is 8.21. The van der Waals surface area contributed by atoms with Crippen LogP contribution in [0.3, 0.4) is 0 Å². The number of carbonyl (C=O) groups is 1. The molecule has 0 radical (unpaired) electrons. The van der Waals surface area contributed by atoms with Gasteiger partial charge in [0.25, 0.3) is 5.91 Å². The van der Waals surface area contributed by atoms with Crippen LogP contribution in [0.25, 0.3) is 11.2 Å². The Labute approximate surface area is 193 Å². The number of fused-ring (bicyclic) bond motifs is 1. The van der Waals surface area contributed by atoms with Crippen molar-refractivity contribution >= 4 is 22.9 Å². The molecule has 0 aromatic carbocycles. The Balaban J connectivity index is 1.14. The van der Waals surface area contributed by atoms with Gasteiger partial charge in [0.15, 0.2) is 11.5 Å². The number of piperazine rings is 1. The second-order valence-electron chi connectivity index (χ2n) is 8.88. The molecule has 3 aromatic heterocycles. The number of aryl methyl sites for hydroxylation is 1. The molecule has 3 aromatic rings. The molecule has 1 saturated heterocycles. The summed E-state index contributed by atoms with van der Waals surface area (Å²) in [6.07, 6.45) is 6.20. The highest BCUT2D eigenvalue weighted by Crippen LogP contribution is 2.35. The van der Waals surface area contributed by atoms with Crippen molar-refractivity contribution in [3.8, 4) is 0 Å². The van der Waals surface area contributed by atoms with E-state index in [0.29, 0.717) is 5.69 Å². The van der Waals surface area contributed by atoms with Crippen LogP contribution >= 0.6 is 0 Å². The summed E-state index contributed by atoms with van der Waals surface area (Å²) in [5, 5.41) is 9.91. The molecule has 5 rings (SSSR count). The molecule has 4 heterocycles. The monoisotopic (exact) mass is 449 g/mol. The third kappa shape index (κ3) is 4.96. The van der Waals surface area contributed by atoms with Gasteiger partial charge in [-0.3, -0.25) is 4.79 Å². The first-order valence-corrected chi connectivity index (χ1v) is 11.8. The van der Waals surface area contributed by atoms with Gasteiger partial charge in [-0.25, -0.2) is 19.9 Å². The molecule has 33 heavy (non-hydrogen) atoms. The van der Waals surface area contributed by atoms with Crippen molar-refractivity contribution in [1.29, 1.82) is 0 Å². The number of aromatic nitrogens is 5. The van der Waals surface area contributed by atoms with Crippen LogP contribution in [0.1, 0.15) is 41.5 Å². The van der Waals surface area contributed by atoms with E-state index in [1.54, 1.807) is 12.4 Å². The molecule has 1 aliphatic heterocycles. The largest absolute Gasteiger partial charge is 0.368 e. The second-order valence-corrected chi connectivity index (χ2v) is 8.88. The van der Waals surface area contributed by atoms with Gasteiger partial charge >= 0.3 is 0 Å². The first-order valence-electron chi connectivity index (χ1n) is 11.8. The van der Waals surface area contributed by atoms with Crippen LogP contribution in [0.5, 0.6) is 0 Å². The van der Waals surface area contributed by atoms with Gasteiger partial charge in [0, 0.05) is 50.5 Å². The summed E-state index contributed by atoms with van der Waals surface area (Å²) in [7, 11) is 0. The maximum absolute atomic E-state index is 12.4. The number of imidazole rings is 1. The molecular weight excluding hydrogens is 418 g/mol. The predicted octanol–water partition coefficient (Wildman–Crippen LogP) is 1.37. The summed E-state index contributed by atoms with van der Waals surface area (Å²) < 4.78 is 2.11. The fourth-order valence-corrected chi connectivity index (χ4v) is 4.55. The molecule has 3 N–H and O–H groups in total. The standard InChI is InChI=1S/C23H31N9O/c1-16-4-2-5-19(29-16)23(33)30-17-12-18(13-17)32-15-28-20-21(26-14-27-22(20)32)25-6-3-9-31-10-7-24-8-11-31/h2,4-5,14-15,17-18,24H,3,6-13H2,1H3,(H,30,33)(H,25,26,27). The van der Waals surface area contributed by atoms with E-state index < -0.39 is 0 Å². The van der Waals surface area contributed by atoms with Crippen molar-refractivity contribution in [3.05, 3.63) is 42.2 Å². The van der Waals surface area contributed by atoms with E-state index in [1.807, 2.05) is 25.4 Å². The molecular formula is C23H31N9O. The molecule has 0 spiro atoms. The van der Waals surface area contributed by atoms with Crippen LogP contribution < -0.4 is 16.0 Å². The average Bonchev–Trinajstić information content (AvgIpc) is 3.24. The topological polar surface area (TPSA) is 113 Å². The summed E-state index contributed by atoms with van der Waals surface area (Å²) in [5.41, 5.74) is 2.94. The smallest absolute Gasteiger partial charge is 0.270 e. The molecule has 0 atom stereocenters. The Morgan fingerprint density at radius 2 is 2.03 bits per heavy atom. The van der Waals surface area contributed by atoms with Crippen molar-refractivity contribution < 1.29 is 4.79 Å². The highest BCUT2D eigenvalue weighted by molar-refractivity contribution is 5.92. The van der Waals surface area contributed by atoms with Crippen LogP contribution in [-0.2, 0) is 0 Å². The quantitative estimate of drug-likeness (QED) is 0.442. The fourth-order valence-electron chi connectivity index (χ4n) is 4.55. The molecule has 10 nitrogen and oxygen atoms in total. The van der Waals surface area contributed by atoms with E-state index in [-0.39, 0.29) is 18.0 Å². The molecule has 0 unspecified atom stereocenters. The minimum atomic E-state index is -0.118. The Morgan fingerprint density at radius 3 is 2.85 bits per heavy atom. The summed E-state index contributed by atoms with van der Waals surface area (Å²) in [5.74, 6) is 0.668. The highest BCUT2D eigenvalue weighted by atomic mass is 16.1. The second kappa shape index (κ2) is 9.80. The number of nitrogens with zero attached hydrogens (tertiary/aromatic N) is 6. The normalized spacial score (nSPS) is 21.0. The fraction of sp³-hybridized carbons (Fsp3) is 0.522. The van der Waals surface area contributed by atoms with Gasteiger partial charge in [-0.1, -0.05) is 6.07 Å². The lowest BCUT2D eigenvalue weighted by Crippen LogP contribution is -2.45. The number of rotatable bonds is 8. The molecule has 1 amide bonds. The summed E-state index contributed by atoms with van der Waals surface area (Å²) >= 11 is 0. The minimum absolute atomic E-state index is 0.118. The molecule has 2 fully saturated rings. The zero-order chi connectivity index (χ0) is 22.6. The van der Waals surface area contributed by atoms with Gasteiger partial charge in [-0.05, 0) is 44.9 Å². The number of hydrogen-bond acceptors (Lipinski definition) is 8. The van der Waals surface area contributed by atoms with E-state index in [1.165, 1.54) is 0 Å². The molecule has 10 heteroatoms. The Bertz CT molecular complexity index is 1100. The molecule has 0 bridgehead atoms. The highest BCUT2D eigenvalue weighted by Gasteiger charge is 2.33. The average molecular weight is 450 g/mol. The van der Waals surface area contributed by atoms with Crippen molar-refractivity contribution in [2.75, 3.05) is 44.6 Å². The van der Waals surface area contributed by atoms with E-state index >= 15 is 0 Å². The van der Waals surface area contributed by atoms with Crippen LogP contribution in [-0.4, -0.2) is 80.6 Å². The predicted molar refractivity (Wildman–Crippen MR) is 126 cm³/mol. The van der Waals surface area contributed by atoms with E-state index in [9.17, 15) is 4.79 Å². The number of carbonyl (C=O) groups excluding carboxylic acids is 1. The van der Waals surface area contributed by atoms with Crippen LogP contribution in [0.4, 0.5) is 5.82 Å². The number of amides is 1. The summed E-state index contributed by atoms with van der Waals surface area (Å²) in [4.78, 5) is 32.7. The maximum atomic E-state index is 12.4. The Hall–Kier alpha value is -3.11. The van der Waals surface area contributed by atoms with Gasteiger partial charge in [-0.2, -0.15) is 0 Å². The third-order valence-electron chi connectivity index (χ3n) is 6.47. The van der Waals surface area contributed by atoms with E-state index in [0.717, 1.165) is 81.2 Å². The van der Waals surface area contributed by atoms with Crippen molar-refractivity contribution in [2.45, 2.75) is 38.3 Å². The van der Waals surface area contributed by atoms with Crippen LogP contribution in [0, 0.1) is 6.92 Å². The SMILES string of the molecule is Cc1cccc(C(=O)NC2CC(n3cnc4c(NCCCN5CCNCC5)ncnc43)C2)n1. The third-order valence-corrected chi connectivity index (χ3v) is 6.47. The lowest BCUT2D eigenvalue weighted by molar-refractivity contribution is 0.0889. The van der Waals surface area contributed by atoms with Crippen molar-refractivity contribution in [1.82, 2.24) is 40.0 Å². The van der Waals surface area contributed by atoms with Crippen LogP contribution in [0.15, 0.2) is 30.9 Å². The number of anilines is 1. The maximum Gasteiger partial charge on any atom is 0.270 e. The van der Waals surface area contributed by atoms with Gasteiger partial charge in [0.1, 0.15) is 17.5 Å². The zero-order valence-corrected chi connectivity index (χ0v) is 19.0. The van der Waals surface area contributed by atoms with E-state index in [2.05, 4.69) is 45.4 Å². The minimum Gasteiger partial charge on any atom is -0.368 e. The lowest BCUT2D eigenvalue weighted by atomic mass is 9.86. The van der Waals surface area contributed by atoms with Gasteiger partial charge in [-0.15, -0.1) is 0 Å². The first-order chi connectivity index (χ1) is 16.2. The molecule has 1 aliphatic carbocycles. The Morgan fingerprint density at radius 1 is 1.18 bits per heavy atom. The van der Waals surface area contributed by atoms with Gasteiger partial charge in [0.2, 0.25) is 0 Å². The molecule has 2 aliphatic rings. The first kappa shape index (κ1) is 21.7. The molecule has 1 saturated carbocycles. The number of hydrogen-bond donors (Lipinski definition) is 3. The van der Waals surface area contributed by atoms with Crippen molar-refractivity contribution in [3.63, 3.8) is 0 Å². The van der Waals surface area contributed by atoms with Gasteiger partial charge < -0.3 is 25.4 Å². The lowest BCUT2D eigenvalue weighted by Gasteiger charge is -2.36. The molecule has 174 valence electrons. The van der Waals surface area contributed by atoms with Crippen LogP contribution in [0.2, 0.25) is 0 Å². The van der Waals surface area contributed by atoms with E-state index in [4.69, 9.17) is 0 Å². The number of pyridine rings is 1. The zero-order valence-electron chi connectivity index (χ0n) is 19.0.